The van der Waals surface area contributed by atoms with Crippen LogP contribution in [-0.4, -0.2) is 42.2 Å². The van der Waals surface area contributed by atoms with E-state index in [-0.39, 0.29) is 12.0 Å². The van der Waals surface area contributed by atoms with Crippen molar-refractivity contribution in [2.24, 2.45) is 0 Å². The fourth-order valence-corrected chi connectivity index (χ4v) is 3.37. The van der Waals surface area contributed by atoms with E-state index >= 15 is 0 Å². The quantitative estimate of drug-likeness (QED) is 0.624. The highest BCUT2D eigenvalue weighted by molar-refractivity contribution is 5.96. The summed E-state index contributed by atoms with van der Waals surface area (Å²) in [6.45, 7) is 3.07. The number of carbonyl (C=O) groups excluding carboxylic acids is 1. The number of methoxy groups -OCH3 is 1. The van der Waals surface area contributed by atoms with E-state index in [1.54, 1.807) is 18.1 Å². The number of fused-ring (bicyclic) bond motifs is 1. The van der Waals surface area contributed by atoms with Gasteiger partial charge in [-0.25, -0.2) is 4.98 Å². The summed E-state index contributed by atoms with van der Waals surface area (Å²) in [4.78, 5) is 19.4. The summed E-state index contributed by atoms with van der Waals surface area (Å²) in [5, 5.41) is 0. The van der Waals surface area contributed by atoms with Gasteiger partial charge in [-0.15, -0.1) is 0 Å². The van der Waals surface area contributed by atoms with Crippen LogP contribution in [0.2, 0.25) is 0 Å². The van der Waals surface area contributed by atoms with E-state index in [0.29, 0.717) is 36.9 Å². The molecule has 0 spiro atoms. The van der Waals surface area contributed by atoms with Gasteiger partial charge < -0.3 is 19.1 Å². The third-order valence-electron chi connectivity index (χ3n) is 4.93. The first-order valence-electron chi connectivity index (χ1n) is 9.87. The third-order valence-corrected chi connectivity index (χ3v) is 4.93. The molecule has 2 heterocycles. The summed E-state index contributed by atoms with van der Waals surface area (Å²) in [6.07, 6.45) is -0.352. The molecule has 1 aliphatic rings. The number of aryl methyl sites for hydroxylation is 1. The fourth-order valence-electron chi connectivity index (χ4n) is 3.37. The van der Waals surface area contributed by atoms with E-state index in [4.69, 9.17) is 14.2 Å². The Hall–Kier alpha value is -3.54. The van der Waals surface area contributed by atoms with Crippen LogP contribution < -0.4 is 14.2 Å². The van der Waals surface area contributed by atoms with Crippen LogP contribution in [0.3, 0.4) is 0 Å². The second-order valence-corrected chi connectivity index (χ2v) is 7.20. The number of benzene rings is 2. The van der Waals surface area contributed by atoms with Gasteiger partial charge >= 0.3 is 0 Å². The number of pyridine rings is 1. The molecule has 0 bridgehead atoms. The lowest BCUT2D eigenvalue weighted by Gasteiger charge is -2.24. The molecule has 2 aromatic carbocycles. The van der Waals surface area contributed by atoms with Crippen LogP contribution in [0.15, 0.2) is 66.7 Å². The van der Waals surface area contributed by atoms with E-state index in [1.165, 1.54) is 0 Å². The number of rotatable bonds is 6. The lowest BCUT2D eigenvalue weighted by molar-refractivity contribution is 0.0626. The SMILES string of the molecule is COc1ccc(OCC2CN(Cc3ccccc3)C(=O)c3ccc(C)nc3O2)cc1. The summed E-state index contributed by atoms with van der Waals surface area (Å²) in [5.41, 5.74) is 2.33. The first-order chi connectivity index (χ1) is 14.6. The molecule has 0 saturated carbocycles. The second kappa shape index (κ2) is 8.86. The Morgan fingerprint density at radius 2 is 1.77 bits per heavy atom. The Bertz CT molecular complexity index is 1010. The Balaban J connectivity index is 1.55. The van der Waals surface area contributed by atoms with Crippen LogP contribution in [0.25, 0.3) is 0 Å². The Labute approximate surface area is 176 Å². The topological polar surface area (TPSA) is 60.9 Å². The van der Waals surface area contributed by atoms with Gasteiger partial charge in [-0.1, -0.05) is 30.3 Å². The summed E-state index contributed by atoms with van der Waals surface area (Å²) in [5.74, 6) is 1.75. The molecule has 3 aromatic rings. The highest BCUT2D eigenvalue weighted by atomic mass is 16.5. The smallest absolute Gasteiger partial charge is 0.259 e. The molecule has 0 saturated heterocycles. The third kappa shape index (κ3) is 4.54. The van der Waals surface area contributed by atoms with Crippen molar-refractivity contribution in [1.82, 2.24) is 9.88 Å². The van der Waals surface area contributed by atoms with Gasteiger partial charge in [-0.2, -0.15) is 0 Å². The molecule has 1 aromatic heterocycles. The van der Waals surface area contributed by atoms with Gasteiger partial charge in [-0.05, 0) is 48.9 Å². The van der Waals surface area contributed by atoms with Crippen LogP contribution in [0.4, 0.5) is 0 Å². The van der Waals surface area contributed by atoms with E-state index < -0.39 is 0 Å². The maximum absolute atomic E-state index is 13.2. The lowest BCUT2D eigenvalue weighted by Crippen LogP contribution is -2.39. The van der Waals surface area contributed by atoms with Crippen LogP contribution in [0.1, 0.15) is 21.6 Å². The van der Waals surface area contributed by atoms with Crippen molar-refractivity contribution in [1.29, 1.82) is 0 Å². The van der Waals surface area contributed by atoms with Crippen molar-refractivity contribution in [3.8, 4) is 17.4 Å². The number of aromatic nitrogens is 1. The van der Waals surface area contributed by atoms with Gasteiger partial charge in [0.2, 0.25) is 5.88 Å². The molecular formula is C24H24N2O4. The normalized spacial score (nSPS) is 15.7. The molecule has 6 nitrogen and oxygen atoms in total. The van der Waals surface area contributed by atoms with Crippen LogP contribution >= 0.6 is 0 Å². The van der Waals surface area contributed by atoms with Gasteiger partial charge in [-0.3, -0.25) is 4.79 Å². The zero-order valence-electron chi connectivity index (χ0n) is 17.1. The molecule has 1 aliphatic heterocycles. The predicted octanol–water partition coefficient (Wildman–Crippen LogP) is 3.88. The number of nitrogens with zero attached hydrogens (tertiary/aromatic N) is 2. The van der Waals surface area contributed by atoms with Gasteiger partial charge in [0.15, 0.2) is 6.10 Å². The van der Waals surface area contributed by atoms with Crippen molar-refractivity contribution in [2.45, 2.75) is 19.6 Å². The summed E-state index contributed by atoms with van der Waals surface area (Å²) < 4.78 is 17.2. The Morgan fingerprint density at radius 1 is 1.03 bits per heavy atom. The predicted molar refractivity (Wildman–Crippen MR) is 113 cm³/mol. The highest BCUT2D eigenvalue weighted by Gasteiger charge is 2.30. The van der Waals surface area contributed by atoms with E-state index in [2.05, 4.69) is 4.98 Å². The van der Waals surface area contributed by atoms with Crippen molar-refractivity contribution < 1.29 is 19.0 Å². The summed E-state index contributed by atoms with van der Waals surface area (Å²) >= 11 is 0. The Morgan fingerprint density at radius 3 is 2.50 bits per heavy atom. The number of ether oxygens (including phenoxy) is 3. The Kier molecular flexibility index (Phi) is 5.84. The van der Waals surface area contributed by atoms with E-state index in [1.807, 2.05) is 67.6 Å². The molecule has 1 atom stereocenters. The molecular weight excluding hydrogens is 380 g/mol. The molecule has 0 radical (unpaired) electrons. The zero-order chi connectivity index (χ0) is 20.9. The molecule has 1 unspecified atom stereocenters. The molecule has 154 valence electrons. The highest BCUT2D eigenvalue weighted by Crippen LogP contribution is 2.25. The minimum atomic E-state index is -0.352. The average molecular weight is 404 g/mol. The minimum absolute atomic E-state index is 0.0895. The molecule has 1 amide bonds. The first-order valence-corrected chi connectivity index (χ1v) is 9.87. The largest absolute Gasteiger partial charge is 0.497 e. The maximum Gasteiger partial charge on any atom is 0.259 e. The monoisotopic (exact) mass is 404 g/mol. The van der Waals surface area contributed by atoms with Gasteiger partial charge in [0.05, 0.1) is 13.7 Å². The van der Waals surface area contributed by atoms with Crippen molar-refractivity contribution >= 4 is 5.91 Å². The van der Waals surface area contributed by atoms with Crippen molar-refractivity contribution in [2.75, 3.05) is 20.3 Å². The zero-order valence-corrected chi connectivity index (χ0v) is 17.1. The van der Waals surface area contributed by atoms with Crippen LogP contribution in [0, 0.1) is 6.92 Å². The van der Waals surface area contributed by atoms with Crippen molar-refractivity contribution in [3.63, 3.8) is 0 Å². The molecule has 0 fully saturated rings. The maximum atomic E-state index is 13.2. The fraction of sp³-hybridized carbons (Fsp3) is 0.250. The minimum Gasteiger partial charge on any atom is -0.497 e. The number of amides is 1. The standard InChI is InChI=1S/C24H24N2O4/c1-17-8-13-22-23(25-17)30-21(16-29-20-11-9-19(28-2)10-12-20)15-26(24(22)27)14-18-6-4-3-5-7-18/h3-13,21H,14-16H2,1-2H3. The lowest BCUT2D eigenvalue weighted by atomic mass is 10.1. The summed E-state index contributed by atoms with van der Waals surface area (Å²) in [7, 11) is 1.62. The molecule has 30 heavy (non-hydrogen) atoms. The van der Waals surface area contributed by atoms with Gasteiger partial charge in [0, 0.05) is 12.2 Å². The molecule has 0 aliphatic carbocycles. The van der Waals surface area contributed by atoms with Crippen LogP contribution in [-0.2, 0) is 6.54 Å². The second-order valence-electron chi connectivity index (χ2n) is 7.20. The van der Waals surface area contributed by atoms with Crippen LogP contribution in [0.5, 0.6) is 17.4 Å². The number of hydrogen-bond donors (Lipinski definition) is 0. The van der Waals surface area contributed by atoms with Gasteiger partial charge in [0.1, 0.15) is 23.7 Å². The number of carbonyl (C=O) groups is 1. The number of hydrogen-bond acceptors (Lipinski definition) is 5. The van der Waals surface area contributed by atoms with E-state index in [0.717, 1.165) is 17.0 Å². The molecule has 0 N–H and O–H groups in total. The molecule has 4 rings (SSSR count). The van der Waals surface area contributed by atoms with E-state index in [9.17, 15) is 4.79 Å². The summed E-state index contributed by atoms with van der Waals surface area (Å²) in [6, 6.07) is 20.9. The average Bonchev–Trinajstić information content (AvgIpc) is 2.89. The first kappa shape index (κ1) is 19.8. The molecule has 6 heteroatoms. The van der Waals surface area contributed by atoms with Crippen molar-refractivity contribution in [3.05, 3.63) is 83.6 Å². The van der Waals surface area contributed by atoms with Gasteiger partial charge in [0.25, 0.3) is 5.91 Å².